The van der Waals surface area contributed by atoms with Crippen molar-refractivity contribution in [3.63, 3.8) is 0 Å². The molecule has 1 atom stereocenters. The van der Waals surface area contributed by atoms with Gasteiger partial charge in [-0.3, -0.25) is 4.68 Å². The van der Waals surface area contributed by atoms with Gasteiger partial charge in [0, 0.05) is 29.9 Å². The summed E-state index contributed by atoms with van der Waals surface area (Å²) in [7, 11) is -3.64. The Morgan fingerprint density at radius 2 is 1.71 bits per heavy atom. The predicted octanol–water partition coefficient (Wildman–Crippen LogP) is 5.73. The summed E-state index contributed by atoms with van der Waals surface area (Å²) in [5.74, 6) is 3.13. The van der Waals surface area contributed by atoms with Crippen LogP contribution in [0, 0.1) is 23.5 Å². The molecule has 4 N–H and O–H groups in total. The summed E-state index contributed by atoms with van der Waals surface area (Å²) in [6.45, 7) is 1.21. The number of primary amides is 1. The fourth-order valence-corrected chi connectivity index (χ4v) is 4.90. The molecule has 9 nitrogen and oxygen atoms in total. The van der Waals surface area contributed by atoms with E-state index in [-0.39, 0.29) is 56.2 Å². The van der Waals surface area contributed by atoms with Gasteiger partial charge in [0.05, 0.1) is 21.6 Å². The summed E-state index contributed by atoms with van der Waals surface area (Å²) in [6, 6.07) is 8.10. The summed E-state index contributed by atoms with van der Waals surface area (Å²) < 4.78 is 97.6. The first-order valence-electron chi connectivity index (χ1n) is 12.9. The Morgan fingerprint density at radius 3 is 2.29 bits per heavy atom. The van der Waals surface area contributed by atoms with Crippen molar-refractivity contribution >= 4 is 44.3 Å². The molecule has 0 saturated heterocycles. The van der Waals surface area contributed by atoms with Crippen LogP contribution in [0.3, 0.4) is 0 Å². The van der Waals surface area contributed by atoms with Crippen LogP contribution < -0.4 is 11.5 Å². The Balaban J connectivity index is 2.04. The van der Waals surface area contributed by atoms with Crippen molar-refractivity contribution in [1.82, 2.24) is 14.8 Å². The number of hydrogen-bond acceptors (Lipinski definition) is 7. The van der Waals surface area contributed by atoms with E-state index in [0.29, 0.717) is 10.7 Å². The molecule has 16 heteroatoms. The Morgan fingerprint density at radius 1 is 1.09 bits per heavy atom. The zero-order valence-corrected chi connectivity index (χ0v) is 25.4. The highest BCUT2D eigenvalue weighted by Gasteiger charge is 2.32. The maximum absolute atomic E-state index is 14.1. The molecule has 45 heavy (non-hydrogen) atoms. The molecular formula is C29H25ClF5N5O4S. The highest BCUT2D eigenvalue weighted by atomic mass is 35.5. The number of rotatable bonds is 7. The first-order valence-corrected chi connectivity index (χ1v) is 15.2. The van der Waals surface area contributed by atoms with E-state index in [1.54, 1.807) is 0 Å². The molecule has 238 valence electrons. The molecule has 4 rings (SSSR count). The van der Waals surface area contributed by atoms with Crippen LogP contribution >= 0.6 is 11.6 Å². The lowest BCUT2D eigenvalue weighted by Gasteiger charge is -2.21. The van der Waals surface area contributed by atoms with Crippen LogP contribution in [-0.2, 0) is 27.5 Å². The summed E-state index contributed by atoms with van der Waals surface area (Å²) >= 11 is 6.31. The molecule has 2 aromatic carbocycles. The lowest BCUT2D eigenvalue weighted by molar-refractivity contribution is -0.141. The summed E-state index contributed by atoms with van der Waals surface area (Å²) in [4.78, 5) is 16.5. The Kier molecular flexibility index (Phi) is 9.05. The minimum atomic E-state index is -4.71. The van der Waals surface area contributed by atoms with Gasteiger partial charge in [0.2, 0.25) is 0 Å². The van der Waals surface area contributed by atoms with Crippen molar-refractivity contribution in [3.8, 4) is 23.0 Å². The second-order valence-corrected chi connectivity index (χ2v) is 13.5. The van der Waals surface area contributed by atoms with Gasteiger partial charge in [0.15, 0.2) is 21.8 Å². The molecule has 0 radical (unpaired) electrons. The molecule has 0 spiro atoms. The lowest BCUT2D eigenvalue weighted by Crippen LogP contribution is -2.28. The first kappa shape index (κ1) is 33.5. The van der Waals surface area contributed by atoms with Crippen molar-refractivity contribution in [2.45, 2.75) is 43.8 Å². The van der Waals surface area contributed by atoms with Gasteiger partial charge in [-0.15, -0.1) is 0 Å². The van der Waals surface area contributed by atoms with Gasteiger partial charge in [-0.05, 0) is 55.7 Å². The van der Waals surface area contributed by atoms with Crippen molar-refractivity contribution in [2.75, 3.05) is 12.0 Å². The highest BCUT2D eigenvalue weighted by molar-refractivity contribution is 7.92. The molecule has 1 amide bonds. The van der Waals surface area contributed by atoms with Crippen LogP contribution in [0.4, 0.5) is 32.6 Å². The van der Waals surface area contributed by atoms with E-state index in [0.717, 1.165) is 18.4 Å². The number of fused-ring (bicyclic) bond motifs is 1. The van der Waals surface area contributed by atoms with Crippen molar-refractivity contribution < 1.29 is 39.9 Å². The third kappa shape index (κ3) is 7.63. The van der Waals surface area contributed by atoms with E-state index in [9.17, 15) is 35.2 Å². The molecule has 0 saturated carbocycles. The molecule has 0 aliphatic heterocycles. The average molecular weight is 670 g/mol. The maximum atomic E-state index is 14.1. The van der Waals surface area contributed by atoms with E-state index in [1.165, 1.54) is 38.1 Å². The molecular weight excluding hydrogens is 645 g/mol. The topological polar surface area (TPSA) is 143 Å². The van der Waals surface area contributed by atoms with E-state index in [2.05, 4.69) is 21.9 Å². The molecule has 0 aliphatic carbocycles. The van der Waals surface area contributed by atoms with Crippen LogP contribution in [0.5, 0.6) is 0 Å². The maximum Gasteiger partial charge on any atom is 0.408 e. The third-order valence-corrected chi connectivity index (χ3v) is 9.01. The van der Waals surface area contributed by atoms with Gasteiger partial charge in [0.25, 0.3) is 0 Å². The van der Waals surface area contributed by atoms with Crippen molar-refractivity contribution in [1.29, 1.82) is 0 Å². The number of nitrogen functional groups attached to an aromatic ring is 1. The standard InChI is InChI=1S/C29H25ClF5N5O4S/c1-28(2,45(3,42)43)9-8-18-4-5-19(20-6-7-21(30)23-25(20)40(39-26(23)36)14-29(33,34)35)24(38-18)22(44-27(37)41)12-15-10-16(31)13-17(32)11-15/h4-7,10-11,13,22H,12,14H2,1-3H3,(H2,36,39)(H2,37,41)/t22-/m0/s1. The van der Waals surface area contributed by atoms with Crippen molar-refractivity contribution in [3.05, 3.63) is 76.1 Å². The second kappa shape index (κ2) is 12.2. The number of halogens is 6. The van der Waals surface area contributed by atoms with Gasteiger partial charge < -0.3 is 16.2 Å². The van der Waals surface area contributed by atoms with E-state index in [4.69, 9.17) is 27.8 Å². The molecule has 0 fully saturated rings. The normalized spacial score (nSPS) is 12.9. The molecule has 4 aromatic rings. The first-order chi connectivity index (χ1) is 20.8. The number of nitrogens with two attached hydrogens (primary N) is 2. The van der Waals surface area contributed by atoms with Crippen molar-refractivity contribution in [2.24, 2.45) is 5.73 Å². The smallest absolute Gasteiger partial charge is 0.408 e. The van der Waals surface area contributed by atoms with Crippen LogP contribution in [0.25, 0.3) is 22.0 Å². The Labute approximate surface area is 259 Å². The molecule has 2 heterocycles. The number of alkyl halides is 3. The zero-order chi connectivity index (χ0) is 33.5. The lowest BCUT2D eigenvalue weighted by atomic mass is 9.95. The largest absolute Gasteiger partial charge is 0.439 e. The van der Waals surface area contributed by atoms with Crippen LogP contribution in [0.15, 0.2) is 42.5 Å². The van der Waals surface area contributed by atoms with E-state index >= 15 is 0 Å². The van der Waals surface area contributed by atoms with Gasteiger partial charge in [-0.1, -0.05) is 23.6 Å². The highest BCUT2D eigenvalue weighted by Crippen LogP contribution is 2.40. The second-order valence-electron chi connectivity index (χ2n) is 10.5. The number of nitrogens with zero attached hydrogens (tertiary/aromatic N) is 3. The molecule has 0 bridgehead atoms. The number of amides is 1. The molecule has 0 unspecified atom stereocenters. The Bertz CT molecular complexity index is 1960. The van der Waals surface area contributed by atoms with Crippen LogP contribution in [0.1, 0.15) is 36.9 Å². The number of benzene rings is 2. The number of carbonyl (C=O) groups is 1. The Hall–Kier alpha value is -4.42. The summed E-state index contributed by atoms with van der Waals surface area (Å²) in [5.41, 5.74) is 11.2. The van der Waals surface area contributed by atoms with Gasteiger partial charge in [0.1, 0.15) is 28.6 Å². The van der Waals surface area contributed by atoms with Crippen LogP contribution in [0.2, 0.25) is 5.02 Å². The minimum absolute atomic E-state index is 0.000140. The summed E-state index contributed by atoms with van der Waals surface area (Å²) in [6.07, 6.45) is -6.86. The number of sulfone groups is 1. The number of aromatic nitrogens is 3. The van der Waals surface area contributed by atoms with Crippen LogP contribution in [-0.4, -0.2) is 46.5 Å². The monoisotopic (exact) mass is 669 g/mol. The number of pyridine rings is 1. The SMILES string of the molecule is CC(C)(C#Cc1ccc(-c2ccc(Cl)c3c(N)nn(CC(F)(F)F)c23)c([C@H](Cc2cc(F)cc(F)c2)OC(N)=O)n1)S(C)(=O)=O. The molecule has 2 aromatic heterocycles. The number of carbonyl (C=O) groups excluding carboxylic acids is 1. The van der Waals surface area contributed by atoms with Gasteiger partial charge in [-0.25, -0.2) is 27.0 Å². The zero-order valence-electron chi connectivity index (χ0n) is 23.8. The third-order valence-electron chi connectivity index (χ3n) is 6.74. The predicted molar refractivity (Wildman–Crippen MR) is 158 cm³/mol. The van der Waals surface area contributed by atoms with Gasteiger partial charge in [-0.2, -0.15) is 18.3 Å². The minimum Gasteiger partial charge on any atom is -0.439 e. The molecule has 0 aliphatic rings. The fraction of sp³-hybridized carbons (Fsp3) is 0.276. The van der Waals surface area contributed by atoms with E-state index in [1.807, 2.05) is 0 Å². The quantitative estimate of drug-likeness (QED) is 0.189. The average Bonchev–Trinajstić information content (AvgIpc) is 3.21. The number of ether oxygens (including phenoxy) is 1. The summed E-state index contributed by atoms with van der Waals surface area (Å²) in [5, 5.41) is 3.83. The van der Waals surface area contributed by atoms with Gasteiger partial charge >= 0.3 is 12.3 Å². The fourth-order valence-electron chi connectivity index (χ4n) is 4.41. The number of hydrogen-bond donors (Lipinski definition) is 2. The number of anilines is 1. The van der Waals surface area contributed by atoms with E-state index < -0.39 is 51.1 Å².